The topological polar surface area (TPSA) is 171 Å². The number of hydrogen-bond donors (Lipinski definition) is 5. The Morgan fingerprint density at radius 3 is 1.88 bits per heavy atom. The minimum absolute atomic E-state index is 0.0838. The molecule has 0 spiro atoms. The third kappa shape index (κ3) is 7.98. The lowest BCUT2D eigenvalue weighted by molar-refractivity contribution is -0.144. The molecule has 2 heterocycles. The zero-order chi connectivity index (χ0) is 25.4. The Hall–Kier alpha value is -3.76. The number of carboxylic acid groups (broad SMARTS) is 1. The average molecular weight is 475 g/mol. The average Bonchev–Trinajstić information content (AvgIpc) is 2.77. The lowest BCUT2D eigenvalue weighted by atomic mass is 9.92. The highest BCUT2D eigenvalue weighted by atomic mass is 16.4. The Morgan fingerprint density at radius 1 is 0.765 bits per heavy atom. The number of nitrogens with one attached hydrogen (secondary N) is 4. The van der Waals surface area contributed by atoms with Crippen molar-refractivity contribution in [1.82, 2.24) is 16.0 Å². The number of anilines is 1. The van der Waals surface area contributed by atoms with E-state index in [9.17, 15) is 33.9 Å². The van der Waals surface area contributed by atoms with E-state index in [1.165, 1.54) is 20.8 Å². The number of carbonyl (C=O) groups is 6. The van der Waals surface area contributed by atoms with Crippen LogP contribution >= 0.6 is 0 Å². The lowest BCUT2D eigenvalue weighted by Gasteiger charge is -2.21. The van der Waals surface area contributed by atoms with Crippen molar-refractivity contribution in [2.75, 3.05) is 5.32 Å². The Kier molecular flexibility index (Phi) is 9.28. The lowest BCUT2D eigenvalue weighted by Crippen LogP contribution is -2.53. The molecule has 2 aliphatic rings. The first kappa shape index (κ1) is 26.5. The number of carboxylic acids is 1. The Morgan fingerprint density at radius 2 is 1.29 bits per heavy atom. The molecule has 11 heteroatoms. The number of rotatable bonds is 1. The summed E-state index contributed by atoms with van der Waals surface area (Å²) in [6.45, 7) is 4.30. The summed E-state index contributed by atoms with van der Waals surface area (Å²) in [6, 6.07) is 3.59. The number of carbonyl (C=O) groups excluding carboxylic acids is 5. The van der Waals surface area contributed by atoms with Crippen molar-refractivity contribution in [1.29, 1.82) is 0 Å². The van der Waals surface area contributed by atoms with Crippen LogP contribution in [-0.2, 0) is 35.2 Å². The molecule has 4 amide bonds. The predicted molar refractivity (Wildman–Crippen MR) is 122 cm³/mol. The molecule has 0 saturated carbocycles. The van der Waals surface area contributed by atoms with E-state index in [0.717, 1.165) is 0 Å². The zero-order valence-corrected chi connectivity index (χ0v) is 19.3. The van der Waals surface area contributed by atoms with Gasteiger partial charge >= 0.3 is 5.97 Å². The molecule has 5 N–H and O–H groups in total. The maximum absolute atomic E-state index is 12.6. The van der Waals surface area contributed by atoms with Crippen LogP contribution in [0.25, 0.3) is 0 Å². The number of benzene rings is 1. The molecule has 11 nitrogen and oxygen atoms in total. The summed E-state index contributed by atoms with van der Waals surface area (Å²) < 4.78 is 0. The number of amides is 4. The molecule has 0 aromatic heterocycles. The third-order valence-corrected chi connectivity index (χ3v) is 5.46. The maximum Gasteiger partial charge on any atom is 0.307 e. The highest BCUT2D eigenvalue weighted by Crippen LogP contribution is 2.17. The third-order valence-electron chi connectivity index (χ3n) is 5.46. The van der Waals surface area contributed by atoms with E-state index in [2.05, 4.69) is 21.3 Å². The highest BCUT2D eigenvalue weighted by Gasteiger charge is 2.27. The summed E-state index contributed by atoms with van der Waals surface area (Å²) in [5.41, 5.74) is 1.13. The Labute approximate surface area is 197 Å². The van der Waals surface area contributed by atoms with Gasteiger partial charge in [0.1, 0.15) is 12.1 Å². The second-order valence-electron chi connectivity index (χ2n) is 8.40. The molecular formula is C23H30N4O7. The summed E-state index contributed by atoms with van der Waals surface area (Å²) in [6.07, 6.45) is -0.459. The van der Waals surface area contributed by atoms with E-state index in [0.29, 0.717) is 11.3 Å². The highest BCUT2D eigenvalue weighted by molar-refractivity contribution is 5.96. The molecule has 0 radical (unpaired) electrons. The van der Waals surface area contributed by atoms with Crippen LogP contribution in [0.2, 0.25) is 0 Å². The van der Waals surface area contributed by atoms with Crippen LogP contribution in [0, 0.1) is 5.92 Å². The van der Waals surface area contributed by atoms with E-state index in [1.54, 1.807) is 24.3 Å². The standard InChI is InChI=1S/C23H30N4O7/c1-12-18(28)11-16(23(33)34)10-15-4-6-17(7-5-15)27-20(30)9-8-19(29)24-13(2)21(31)26-14(3)22(32)25-12/h4-7,12-14,16H,8-11H2,1-3H3,(H,24,29)(H,25,32)(H,26,31)(H,27,30)(H,33,34)/t12?,13?,14?,16-/m1/s1. The fraction of sp³-hybridized carbons (Fsp3) is 0.478. The molecule has 0 saturated heterocycles. The van der Waals surface area contributed by atoms with E-state index >= 15 is 0 Å². The Balaban J connectivity index is 2.23. The monoisotopic (exact) mass is 474 g/mol. The van der Waals surface area contributed by atoms with Gasteiger partial charge in [-0.25, -0.2) is 0 Å². The van der Waals surface area contributed by atoms with Gasteiger partial charge in [0, 0.05) is 24.9 Å². The summed E-state index contributed by atoms with van der Waals surface area (Å²) in [5.74, 6) is -4.76. The number of ketones is 1. The second-order valence-corrected chi connectivity index (χ2v) is 8.40. The molecule has 184 valence electrons. The van der Waals surface area contributed by atoms with Gasteiger partial charge in [-0.3, -0.25) is 28.8 Å². The molecule has 1 aromatic carbocycles. The van der Waals surface area contributed by atoms with Gasteiger partial charge in [-0.2, -0.15) is 0 Å². The first-order valence-electron chi connectivity index (χ1n) is 11.0. The molecule has 4 atom stereocenters. The van der Waals surface area contributed by atoms with Gasteiger partial charge in [-0.1, -0.05) is 12.1 Å². The van der Waals surface area contributed by atoms with Crippen molar-refractivity contribution in [2.45, 2.75) is 64.6 Å². The normalized spacial score (nSPS) is 25.9. The molecule has 1 aromatic rings. The van der Waals surface area contributed by atoms with Gasteiger partial charge in [0.25, 0.3) is 0 Å². The van der Waals surface area contributed by atoms with Gasteiger partial charge in [0.15, 0.2) is 5.78 Å². The first-order chi connectivity index (χ1) is 16.0. The fourth-order valence-electron chi connectivity index (χ4n) is 3.33. The van der Waals surface area contributed by atoms with Crippen LogP contribution in [0.5, 0.6) is 0 Å². The van der Waals surface area contributed by atoms with E-state index in [4.69, 9.17) is 0 Å². The maximum atomic E-state index is 12.6. The van der Waals surface area contributed by atoms with E-state index in [-0.39, 0.29) is 25.7 Å². The van der Waals surface area contributed by atoms with Gasteiger partial charge in [-0.15, -0.1) is 0 Å². The number of fused-ring (bicyclic) bond motifs is 18. The second kappa shape index (κ2) is 11.9. The van der Waals surface area contributed by atoms with Crippen molar-refractivity contribution in [2.24, 2.45) is 5.92 Å². The van der Waals surface area contributed by atoms with Crippen LogP contribution in [0.1, 0.15) is 45.6 Å². The van der Waals surface area contributed by atoms with Crippen molar-refractivity contribution < 1.29 is 33.9 Å². The van der Waals surface area contributed by atoms with Gasteiger partial charge in [0.05, 0.1) is 12.0 Å². The zero-order valence-electron chi connectivity index (χ0n) is 19.3. The molecule has 2 aliphatic heterocycles. The summed E-state index contributed by atoms with van der Waals surface area (Å²) in [7, 11) is 0. The molecular weight excluding hydrogens is 444 g/mol. The molecule has 3 rings (SSSR count). The van der Waals surface area contributed by atoms with E-state index in [1.807, 2.05) is 0 Å². The minimum atomic E-state index is -1.14. The molecule has 3 unspecified atom stereocenters. The van der Waals surface area contributed by atoms with Crippen molar-refractivity contribution in [3.8, 4) is 0 Å². The first-order valence-corrected chi connectivity index (χ1v) is 11.0. The molecule has 2 bridgehead atoms. The number of Topliss-reactive ketones (excluding diaryl/α,β-unsaturated/α-hetero) is 1. The van der Waals surface area contributed by atoms with Crippen molar-refractivity contribution in [3.05, 3.63) is 29.8 Å². The fourth-order valence-corrected chi connectivity index (χ4v) is 3.33. The minimum Gasteiger partial charge on any atom is -0.481 e. The van der Waals surface area contributed by atoms with Crippen LogP contribution < -0.4 is 21.3 Å². The van der Waals surface area contributed by atoms with Gasteiger partial charge < -0.3 is 26.4 Å². The van der Waals surface area contributed by atoms with E-state index < -0.39 is 59.4 Å². The van der Waals surface area contributed by atoms with Crippen LogP contribution in [0.4, 0.5) is 5.69 Å². The van der Waals surface area contributed by atoms with Crippen molar-refractivity contribution >= 4 is 41.1 Å². The van der Waals surface area contributed by atoms with Gasteiger partial charge in [0.2, 0.25) is 23.6 Å². The molecule has 0 fully saturated rings. The largest absolute Gasteiger partial charge is 0.481 e. The van der Waals surface area contributed by atoms with Gasteiger partial charge in [-0.05, 0) is 44.9 Å². The number of hydrogen-bond acceptors (Lipinski definition) is 6. The van der Waals surface area contributed by atoms with Crippen LogP contribution in [0.15, 0.2) is 24.3 Å². The quantitative estimate of drug-likeness (QED) is 0.360. The summed E-state index contributed by atoms with van der Waals surface area (Å²) in [5, 5.41) is 19.6. The predicted octanol–water partition coefficient (Wildman–Crippen LogP) is 0.136. The number of aliphatic carboxylic acids is 1. The van der Waals surface area contributed by atoms with Crippen molar-refractivity contribution in [3.63, 3.8) is 0 Å². The smallest absolute Gasteiger partial charge is 0.307 e. The molecule has 34 heavy (non-hydrogen) atoms. The summed E-state index contributed by atoms with van der Waals surface area (Å²) in [4.78, 5) is 73.2. The van der Waals surface area contributed by atoms with Crippen LogP contribution in [0.3, 0.4) is 0 Å². The van der Waals surface area contributed by atoms with Crippen LogP contribution in [-0.4, -0.2) is 58.6 Å². The Bertz CT molecular complexity index is 961. The summed E-state index contributed by atoms with van der Waals surface area (Å²) >= 11 is 0. The molecule has 0 aliphatic carbocycles. The SMILES string of the molecule is CC1NC(=O)C(C)NC(=O)C(C)NC(=O)CCC(=O)Nc2ccc(cc2)C[C@@H](C(=O)O)CC1=O.